The van der Waals surface area contributed by atoms with E-state index in [9.17, 15) is 0 Å². The first-order valence-corrected chi connectivity index (χ1v) is 5.64. The zero-order valence-electron chi connectivity index (χ0n) is 9.26. The van der Waals surface area contributed by atoms with Gasteiger partial charge in [0.25, 0.3) is 0 Å². The fourth-order valence-electron chi connectivity index (χ4n) is 1.75. The quantitative estimate of drug-likeness (QED) is 0.769. The van der Waals surface area contributed by atoms with Gasteiger partial charge in [0.05, 0.1) is 6.33 Å². The van der Waals surface area contributed by atoms with Crippen LogP contribution < -0.4 is 4.90 Å². The second-order valence-electron chi connectivity index (χ2n) is 3.72. The Morgan fingerprint density at radius 1 is 1.06 bits per heavy atom. The number of rotatable bonds is 1. The molecular formula is C11H17N5. The van der Waals surface area contributed by atoms with Crippen LogP contribution in [0.3, 0.4) is 0 Å². The van der Waals surface area contributed by atoms with Gasteiger partial charge in [-0.15, -0.1) is 0 Å². The van der Waals surface area contributed by atoms with Crippen LogP contribution in [-0.2, 0) is 0 Å². The molecule has 0 bridgehead atoms. The summed E-state index contributed by atoms with van der Waals surface area (Å²) in [6.45, 7) is 2.32. The first-order valence-electron chi connectivity index (χ1n) is 5.64. The number of nitrogens with one attached hydrogen (secondary N) is 2. The van der Waals surface area contributed by atoms with Gasteiger partial charge in [-0.05, 0) is 19.3 Å². The average molecular weight is 219 g/mol. The second kappa shape index (κ2) is 5.95. The van der Waals surface area contributed by atoms with E-state index in [1.165, 1.54) is 19.3 Å². The van der Waals surface area contributed by atoms with Crippen molar-refractivity contribution in [1.29, 1.82) is 0 Å². The molecule has 0 aromatic carbocycles. The number of H-pyrrole nitrogens is 2. The van der Waals surface area contributed by atoms with Crippen LogP contribution in [0.4, 0.5) is 5.95 Å². The van der Waals surface area contributed by atoms with Crippen LogP contribution in [-0.4, -0.2) is 33.0 Å². The third kappa shape index (κ3) is 3.12. The molecule has 0 atom stereocenters. The summed E-state index contributed by atoms with van der Waals surface area (Å²) in [5.74, 6) is 1.03. The molecule has 0 radical (unpaired) electrons. The second-order valence-corrected chi connectivity index (χ2v) is 3.72. The molecule has 1 fully saturated rings. The lowest BCUT2D eigenvalue weighted by atomic mass is 10.1. The van der Waals surface area contributed by atoms with Crippen LogP contribution in [0, 0.1) is 0 Å². The molecule has 0 unspecified atom stereocenters. The van der Waals surface area contributed by atoms with Crippen LogP contribution in [0.25, 0.3) is 0 Å². The Hall–Kier alpha value is -1.78. The van der Waals surface area contributed by atoms with Crippen molar-refractivity contribution in [2.75, 3.05) is 18.0 Å². The van der Waals surface area contributed by atoms with E-state index in [4.69, 9.17) is 0 Å². The molecule has 1 saturated heterocycles. The molecule has 0 amide bonds. The fourth-order valence-corrected chi connectivity index (χ4v) is 1.75. The van der Waals surface area contributed by atoms with Crippen molar-refractivity contribution in [3.8, 4) is 0 Å². The first-order chi connectivity index (χ1) is 7.97. The summed E-state index contributed by atoms with van der Waals surface area (Å²) in [4.78, 5) is 16.1. The highest BCUT2D eigenvalue weighted by Gasteiger charge is 2.11. The van der Waals surface area contributed by atoms with Crippen LogP contribution in [0.5, 0.6) is 0 Å². The molecule has 3 rings (SSSR count). The number of anilines is 1. The number of imidazole rings is 2. The van der Waals surface area contributed by atoms with Gasteiger partial charge in [0.15, 0.2) is 0 Å². The number of hydrogen-bond acceptors (Lipinski definition) is 3. The molecule has 0 spiro atoms. The highest BCUT2D eigenvalue weighted by molar-refractivity contribution is 5.28. The van der Waals surface area contributed by atoms with E-state index in [1.54, 1.807) is 18.7 Å². The summed E-state index contributed by atoms with van der Waals surface area (Å²) in [5.41, 5.74) is 0. The SMILES string of the molecule is c1c[nH]c(N2CCCCC2)n1.c1c[nH]cn1. The first kappa shape index (κ1) is 10.7. The van der Waals surface area contributed by atoms with Crippen molar-refractivity contribution < 1.29 is 0 Å². The Labute approximate surface area is 94.9 Å². The zero-order chi connectivity index (χ0) is 11.1. The summed E-state index contributed by atoms with van der Waals surface area (Å²) >= 11 is 0. The fraction of sp³-hybridized carbons (Fsp3) is 0.455. The smallest absolute Gasteiger partial charge is 0.202 e. The molecule has 1 aliphatic heterocycles. The number of piperidine rings is 1. The van der Waals surface area contributed by atoms with Crippen LogP contribution in [0.1, 0.15) is 19.3 Å². The van der Waals surface area contributed by atoms with Gasteiger partial charge in [-0.2, -0.15) is 0 Å². The summed E-state index contributed by atoms with van der Waals surface area (Å²) in [7, 11) is 0. The van der Waals surface area contributed by atoms with Crippen LogP contribution in [0.2, 0.25) is 0 Å². The van der Waals surface area contributed by atoms with E-state index in [-0.39, 0.29) is 0 Å². The van der Waals surface area contributed by atoms with Crippen molar-refractivity contribution in [3.63, 3.8) is 0 Å². The van der Waals surface area contributed by atoms with Crippen molar-refractivity contribution in [2.24, 2.45) is 0 Å². The molecule has 2 aromatic rings. The lowest BCUT2D eigenvalue weighted by molar-refractivity contribution is 0.570. The van der Waals surface area contributed by atoms with Crippen molar-refractivity contribution in [3.05, 3.63) is 31.1 Å². The van der Waals surface area contributed by atoms with Gasteiger partial charge >= 0.3 is 0 Å². The van der Waals surface area contributed by atoms with Crippen molar-refractivity contribution in [2.45, 2.75) is 19.3 Å². The molecule has 3 heterocycles. The van der Waals surface area contributed by atoms with E-state index < -0.39 is 0 Å². The third-order valence-electron chi connectivity index (χ3n) is 2.55. The topological polar surface area (TPSA) is 60.6 Å². The lowest BCUT2D eigenvalue weighted by Gasteiger charge is -2.25. The van der Waals surface area contributed by atoms with Crippen molar-refractivity contribution in [1.82, 2.24) is 19.9 Å². The predicted octanol–water partition coefficient (Wildman–Crippen LogP) is 1.81. The molecule has 5 heteroatoms. The monoisotopic (exact) mass is 219 g/mol. The molecule has 2 N–H and O–H groups in total. The Bertz CT molecular complexity index is 330. The van der Waals surface area contributed by atoms with E-state index >= 15 is 0 Å². The Balaban J connectivity index is 0.000000162. The molecule has 86 valence electrons. The Morgan fingerprint density at radius 2 is 1.94 bits per heavy atom. The molecule has 16 heavy (non-hydrogen) atoms. The minimum Gasteiger partial charge on any atom is -0.351 e. The predicted molar refractivity (Wildman–Crippen MR) is 63.2 cm³/mol. The minimum absolute atomic E-state index is 1.03. The number of aromatic amines is 2. The lowest BCUT2D eigenvalue weighted by Crippen LogP contribution is -2.30. The standard InChI is InChI=1S/C8H13N3.C3H4N2/c1-2-6-11(7-3-1)8-9-4-5-10-8;1-2-5-3-4-1/h4-5H,1-3,6-7H2,(H,9,10);1-3H,(H,4,5). The van der Waals surface area contributed by atoms with E-state index in [0.717, 1.165) is 19.0 Å². The van der Waals surface area contributed by atoms with Gasteiger partial charge in [-0.1, -0.05) is 0 Å². The van der Waals surface area contributed by atoms with E-state index in [2.05, 4.69) is 24.8 Å². The summed E-state index contributed by atoms with van der Waals surface area (Å²) in [6, 6.07) is 0. The summed E-state index contributed by atoms with van der Waals surface area (Å²) < 4.78 is 0. The molecule has 0 saturated carbocycles. The average Bonchev–Trinajstić information content (AvgIpc) is 3.07. The van der Waals surface area contributed by atoms with E-state index in [0.29, 0.717) is 0 Å². The number of nitrogens with zero attached hydrogens (tertiary/aromatic N) is 3. The van der Waals surface area contributed by atoms with Gasteiger partial charge in [0.1, 0.15) is 0 Å². The maximum absolute atomic E-state index is 4.21. The number of hydrogen-bond donors (Lipinski definition) is 2. The maximum atomic E-state index is 4.21. The highest BCUT2D eigenvalue weighted by atomic mass is 15.3. The van der Waals surface area contributed by atoms with Gasteiger partial charge in [-0.3, -0.25) is 0 Å². The van der Waals surface area contributed by atoms with Crippen LogP contribution >= 0.6 is 0 Å². The molecule has 1 aliphatic rings. The van der Waals surface area contributed by atoms with Gasteiger partial charge < -0.3 is 14.9 Å². The van der Waals surface area contributed by atoms with Gasteiger partial charge in [0, 0.05) is 37.9 Å². The normalized spacial score (nSPS) is 15.4. The van der Waals surface area contributed by atoms with Gasteiger partial charge in [0.2, 0.25) is 5.95 Å². The zero-order valence-corrected chi connectivity index (χ0v) is 9.26. The van der Waals surface area contributed by atoms with Gasteiger partial charge in [-0.25, -0.2) is 9.97 Å². The summed E-state index contributed by atoms with van der Waals surface area (Å²) in [6.07, 6.45) is 12.8. The largest absolute Gasteiger partial charge is 0.351 e. The number of aromatic nitrogens is 4. The Morgan fingerprint density at radius 3 is 2.44 bits per heavy atom. The molecule has 5 nitrogen and oxygen atoms in total. The highest BCUT2D eigenvalue weighted by Crippen LogP contribution is 2.14. The van der Waals surface area contributed by atoms with Crippen LogP contribution in [0.15, 0.2) is 31.1 Å². The van der Waals surface area contributed by atoms with Crippen molar-refractivity contribution >= 4 is 5.95 Å². The summed E-state index contributed by atoms with van der Waals surface area (Å²) in [5, 5.41) is 0. The maximum Gasteiger partial charge on any atom is 0.202 e. The molecular weight excluding hydrogens is 202 g/mol. The van der Waals surface area contributed by atoms with E-state index in [1.807, 2.05) is 12.4 Å². The molecule has 2 aromatic heterocycles. The third-order valence-corrected chi connectivity index (χ3v) is 2.55. The minimum atomic E-state index is 1.03. The Kier molecular flexibility index (Phi) is 3.99. The molecule has 0 aliphatic carbocycles.